The Kier molecular flexibility index (Phi) is 4.94. The second-order valence-electron chi connectivity index (χ2n) is 4.34. The molecule has 1 aromatic heterocycles. The number of carbonyl (C=O) groups is 2. The summed E-state index contributed by atoms with van der Waals surface area (Å²) in [6.45, 7) is 1.47. The fraction of sp³-hybridized carbons (Fsp3) is 0.133. The molecule has 0 spiro atoms. The lowest BCUT2D eigenvalue weighted by Gasteiger charge is -2.06. The van der Waals surface area contributed by atoms with E-state index in [-0.39, 0.29) is 17.4 Å². The van der Waals surface area contributed by atoms with Crippen molar-refractivity contribution < 1.29 is 14.3 Å². The number of ketones is 1. The maximum Gasteiger partial charge on any atom is 0.251 e. The van der Waals surface area contributed by atoms with Gasteiger partial charge in [0.25, 0.3) is 5.03 Å². The van der Waals surface area contributed by atoms with E-state index < -0.39 is 0 Å². The Labute approximate surface area is 126 Å². The number of aromatic nitrogens is 1. The highest BCUT2D eigenvalue weighted by Crippen LogP contribution is 2.15. The van der Waals surface area contributed by atoms with Crippen LogP contribution < -0.4 is 10.0 Å². The first-order chi connectivity index (χ1) is 10.1. The highest BCUT2D eigenvalue weighted by atomic mass is 32.2. The minimum atomic E-state index is -0.232. The molecule has 2 rings (SSSR count). The fourth-order valence-electron chi connectivity index (χ4n) is 1.68. The molecule has 1 amide bonds. The molecule has 21 heavy (non-hydrogen) atoms. The van der Waals surface area contributed by atoms with Gasteiger partial charge >= 0.3 is 0 Å². The number of thioether (sulfide) groups is 1. The molecule has 1 aromatic carbocycles. The molecule has 0 bridgehead atoms. The van der Waals surface area contributed by atoms with Crippen LogP contribution in [0.4, 0.5) is 5.69 Å². The van der Waals surface area contributed by atoms with Crippen molar-refractivity contribution in [3.8, 4) is 0 Å². The molecule has 0 aliphatic rings. The molecule has 0 saturated heterocycles. The first-order valence-electron chi connectivity index (χ1n) is 6.28. The topological polar surface area (TPSA) is 73.1 Å². The molecule has 0 radical (unpaired) electrons. The lowest BCUT2D eigenvalue weighted by atomic mass is 10.1. The van der Waals surface area contributed by atoms with Crippen molar-refractivity contribution in [2.75, 3.05) is 11.1 Å². The van der Waals surface area contributed by atoms with Gasteiger partial charge in [0.1, 0.15) is 0 Å². The van der Waals surface area contributed by atoms with E-state index in [1.807, 2.05) is 0 Å². The zero-order valence-corrected chi connectivity index (χ0v) is 12.2. The summed E-state index contributed by atoms with van der Waals surface area (Å²) < 4.78 is 0.717. The third kappa shape index (κ3) is 4.32. The largest absolute Gasteiger partial charge is 0.618 e. The van der Waals surface area contributed by atoms with Crippen molar-refractivity contribution in [3.63, 3.8) is 0 Å². The van der Waals surface area contributed by atoms with Crippen molar-refractivity contribution in [2.45, 2.75) is 11.9 Å². The third-order valence-electron chi connectivity index (χ3n) is 2.69. The average molecular weight is 302 g/mol. The van der Waals surface area contributed by atoms with Gasteiger partial charge < -0.3 is 10.5 Å². The Hall–Kier alpha value is -2.34. The Bertz CT molecular complexity index is 673. The van der Waals surface area contributed by atoms with Gasteiger partial charge in [0.2, 0.25) is 5.91 Å². The van der Waals surface area contributed by atoms with Crippen LogP contribution in [0.15, 0.2) is 53.7 Å². The zero-order chi connectivity index (χ0) is 15.2. The van der Waals surface area contributed by atoms with E-state index in [1.54, 1.807) is 42.5 Å². The van der Waals surface area contributed by atoms with Crippen LogP contribution in [0, 0.1) is 5.21 Å². The van der Waals surface area contributed by atoms with Crippen molar-refractivity contribution in [1.82, 2.24) is 0 Å². The SMILES string of the molecule is CC(=O)c1cccc(NC(=O)CSc2cccc[n+]2[O-])c1. The normalized spacial score (nSPS) is 10.1. The molecule has 0 unspecified atom stereocenters. The maximum atomic E-state index is 11.9. The molecule has 0 saturated carbocycles. The molecule has 0 fully saturated rings. The Morgan fingerprint density at radius 2 is 2.05 bits per heavy atom. The second kappa shape index (κ2) is 6.90. The van der Waals surface area contributed by atoms with Gasteiger partial charge in [-0.05, 0) is 36.9 Å². The lowest BCUT2D eigenvalue weighted by molar-refractivity contribution is -0.645. The number of pyridine rings is 1. The van der Waals surface area contributed by atoms with Crippen LogP contribution in [0.25, 0.3) is 0 Å². The van der Waals surface area contributed by atoms with Gasteiger partial charge in [-0.25, -0.2) is 0 Å². The average Bonchev–Trinajstić information content (AvgIpc) is 2.46. The predicted octanol–water partition coefficient (Wildman–Crippen LogP) is 2.25. The van der Waals surface area contributed by atoms with Crippen LogP contribution in [-0.2, 0) is 4.79 Å². The minimum Gasteiger partial charge on any atom is -0.618 e. The molecule has 6 heteroatoms. The summed E-state index contributed by atoms with van der Waals surface area (Å²) in [5.41, 5.74) is 1.11. The number of Topliss-reactive ketones (excluding diaryl/α,β-unsaturated/α-hetero) is 1. The number of benzene rings is 1. The molecular weight excluding hydrogens is 288 g/mol. The number of nitrogens with zero attached hydrogens (tertiary/aromatic N) is 1. The van der Waals surface area contributed by atoms with Crippen molar-refractivity contribution in [3.05, 3.63) is 59.4 Å². The highest BCUT2D eigenvalue weighted by Gasteiger charge is 2.09. The number of hydrogen-bond acceptors (Lipinski definition) is 4. The van der Waals surface area contributed by atoms with E-state index in [4.69, 9.17) is 0 Å². The minimum absolute atomic E-state index is 0.0582. The van der Waals surface area contributed by atoms with Crippen LogP contribution >= 0.6 is 11.8 Å². The summed E-state index contributed by atoms with van der Waals surface area (Å²) in [5.74, 6) is -0.169. The summed E-state index contributed by atoms with van der Waals surface area (Å²) in [6.07, 6.45) is 1.39. The van der Waals surface area contributed by atoms with Crippen LogP contribution in [0.2, 0.25) is 0 Å². The van der Waals surface area contributed by atoms with E-state index in [1.165, 1.54) is 13.1 Å². The predicted molar refractivity (Wildman–Crippen MR) is 81.2 cm³/mol. The molecule has 5 nitrogen and oxygen atoms in total. The third-order valence-corrected chi connectivity index (χ3v) is 3.71. The molecule has 108 valence electrons. The van der Waals surface area contributed by atoms with Gasteiger partial charge in [0, 0.05) is 23.4 Å². The van der Waals surface area contributed by atoms with E-state index in [2.05, 4.69) is 5.32 Å². The van der Waals surface area contributed by atoms with Crippen molar-refractivity contribution in [1.29, 1.82) is 0 Å². The number of hydrogen-bond donors (Lipinski definition) is 1. The first kappa shape index (κ1) is 15.1. The molecular formula is C15H14N2O3S. The molecule has 0 atom stereocenters. The Balaban J connectivity index is 1.95. The van der Waals surface area contributed by atoms with Gasteiger partial charge in [-0.3, -0.25) is 9.59 Å². The summed E-state index contributed by atoms with van der Waals surface area (Å²) >= 11 is 1.16. The quantitative estimate of drug-likeness (QED) is 0.398. The second-order valence-corrected chi connectivity index (χ2v) is 5.33. The van der Waals surface area contributed by atoms with E-state index in [0.717, 1.165) is 11.8 Å². The van der Waals surface area contributed by atoms with Crippen LogP contribution in [0.5, 0.6) is 0 Å². The van der Waals surface area contributed by atoms with Crippen molar-refractivity contribution >= 4 is 29.1 Å². The molecule has 2 aromatic rings. The zero-order valence-electron chi connectivity index (χ0n) is 11.4. The van der Waals surface area contributed by atoms with Crippen molar-refractivity contribution in [2.24, 2.45) is 0 Å². The Morgan fingerprint density at radius 3 is 2.76 bits per heavy atom. The Morgan fingerprint density at radius 1 is 1.24 bits per heavy atom. The molecule has 0 aliphatic heterocycles. The van der Waals surface area contributed by atoms with Crippen LogP contribution in [-0.4, -0.2) is 17.4 Å². The standard InChI is InChI=1S/C15H14N2O3S/c1-11(18)12-5-4-6-13(9-12)16-14(19)10-21-15-7-2-3-8-17(15)20/h2-9H,10H2,1H3,(H,16,19). The van der Waals surface area contributed by atoms with Crippen LogP contribution in [0.3, 0.4) is 0 Å². The van der Waals surface area contributed by atoms with Gasteiger partial charge in [0.15, 0.2) is 12.0 Å². The summed E-state index contributed by atoms with van der Waals surface area (Å²) in [5, 5.41) is 14.6. The number of carbonyl (C=O) groups excluding carboxylic acids is 2. The maximum absolute atomic E-state index is 11.9. The summed E-state index contributed by atoms with van der Waals surface area (Å²) in [4.78, 5) is 23.1. The van der Waals surface area contributed by atoms with Gasteiger partial charge in [-0.1, -0.05) is 12.1 Å². The van der Waals surface area contributed by atoms with E-state index in [9.17, 15) is 14.8 Å². The number of anilines is 1. The monoisotopic (exact) mass is 302 g/mol. The highest BCUT2D eigenvalue weighted by molar-refractivity contribution is 7.99. The molecule has 1 N–H and O–H groups in total. The number of rotatable bonds is 5. The summed E-state index contributed by atoms with van der Waals surface area (Å²) in [6, 6.07) is 11.8. The fourth-order valence-corrected chi connectivity index (χ4v) is 2.39. The summed E-state index contributed by atoms with van der Waals surface area (Å²) in [7, 11) is 0. The lowest BCUT2D eigenvalue weighted by Crippen LogP contribution is -2.28. The molecule has 0 aliphatic carbocycles. The number of nitrogens with one attached hydrogen (secondary N) is 1. The van der Waals surface area contributed by atoms with Gasteiger partial charge in [-0.15, -0.1) is 0 Å². The van der Waals surface area contributed by atoms with Crippen LogP contribution in [0.1, 0.15) is 17.3 Å². The number of amides is 1. The van der Waals surface area contributed by atoms with Gasteiger partial charge in [0.05, 0.1) is 5.75 Å². The molecule has 1 heterocycles. The van der Waals surface area contributed by atoms with Gasteiger partial charge in [-0.2, -0.15) is 4.73 Å². The first-order valence-corrected chi connectivity index (χ1v) is 7.26. The van der Waals surface area contributed by atoms with E-state index in [0.29, 0.717) is 21.0 Å². The smallest absolute Gasteiger partial charge is 0.251 e. The van der Waals surface area contributed by atoms with E-state index >= 15 is 0 Å².